The highest BCUT2D eigenvalue weighted by Gasteiger charge is 2.13. The molecule has 0 saturated heterocycles. The van der Waals surface area contributed by atoms with E-state index in [0.717, 1.165) is 42.8 Å². The third-order valence-electron chi connectivity index (χ3n) is 5.38. The van der Waals surface area contributed by atoms with Gasteiger partial charge in [-0.2, -0.15) is 0 Å². The molecular weight excluding hydrogens is 517 g/mol. The van der Waals surface area contributed by atoms with E-state index in [9.17, 15) is 4.79 Å². The van der Waals surface area contributed by atoms with Crippen molar-refractivity contribution in [3.63, 3.8) is 0 Å². The second kappa shape index (κ2) is 14.9. The van der Waals surface area contributed by atoms with Crippen LogP contribution in [0.5, 0.6) is 0 Å². The van der Waals surface area contributed by atoms with E-state index in [1.165, 1.54) is 0 Å². The summed E-state index contributed by atoms with van der Waals surface area (Å²) in [6, 6.07) is 9.76. The van der Waals surface area contributed by atoms with Crippen LogP contribution in [0.4, 0.5) is 0 Å². The Morgan fingerprint density at radius 1 is 1.06 bits per heavy atom. The smallest absolute Gasteiger partial charge is 0.251 e. The third kappa shape index (κ3) is 8.80. The molecule has 1 heterocycles. The average Bonchev–Trinajstić information content (AvgIpc) is 3.25. The molecule has 8 heteroatoms. The first-order valence-electron chi connectivity index (χ1n) is 11.4. The Kier molecular flexibility index (Phi) is 13.0. The van der Waals surface area contributed by atoms with E-state index >= 15 is 0 Å². The topological polar surface area (TPSA) is 91.5 Å². The summed E-state index contributed by atoms with van der Waals surface area (Å²) in [6.45, 7) is 12.2. The molecule has 7 nitrogen and oxygen atoms in total. The van der Waals surface area contributed by atoms with Crippen LogP contribution in [-0.2, 0) is 13.1 Å². The lowest BCUT2D eigenvalue weighted by molar-refractivity contribution is 0.0939. The Labute approximate surface area is 209 Å². The summed E-state index contributed by atoms with van der Waals surface area (Å²) in [4.78, 5) is 16.8. The molecular formula is C24H38IN5O2. The third-order valence-corrected chi connectivity index (χ3v) is 5.38. The lowest BCUT2D eigenvalue weighted by atomic mass is 9.99. The van der Waals surface area contributed by atoms with Crippen molar-refractivity contribution in [2.45, 2.75) is 78.9 Å². The van der Waals surface area contributed by atoms with Gasteiger partial charge in [0.1, 0.15) is 0 Å². The lowest BCUT2D eigenvalue weighted by Crippen LogP contribution is -2.36. The average molecular weight is 556 g/mol. The quantitative estimate of drug-likeness (QED) is 0.207. The highest BCUT2D eigenvalue weighted by Crippen LogP contribution is 2.22. The van der Waals surface area contributed by atoms with Crippen LogP contribution in [0.15, 0.2) is 39.8 Å². The van der Waals surface area contributed by atoms with Crippen molar-refractivity contribution in [1.29, 1.82) is 0 Å². The van der Waals surface area contributed by atoms with E-state index in [1.807, 2.05) is 44.2 Å². The molecule has 32 heavy (non-hydrogen) atoms. The molecule has 1 unspecified atom stereocenters. The second-order valence-electron chi connectivity index (χ2n) is 7.76. The van der Waals surface area contributed by atoms with Crippen molar-refractivity contribution >= 4 is 35.8 Å². The number of halogens is 1. The zero-order chi connectivity index (χ0) is 22.6. The van der Waals surface area contributed by atoms with E-state index in [4.69, 9.17) is 4.52 Å². The fraction of sp³-hybridized carbons (Fsp3) is 0.542. The first-order chi connectivity index (χ1) is 15.0. The largest absolute Gasteiger partial charge is 0.359 e. The summed E-state index contributed by atoms with van der Waals surface area (Å²) in [7, 11) is 0. The van der Waals surface area contributed by atoms with Gasteiger partial charge < -0.3 is 20.5 Å². The molecule has 0 aliphatic carbocycles. The van der Waals surface area contributed by atoms with Gasteiger partial charge in [-0.3, -0.25) is 4.79 Å². The Balaban J connectivity index is 0.00000512. The molecule has 1 aromatic carbocycles. The number of nitrogens with zero attached hydrogens (tertiary/aromatic N) is 2. The van der Waals surface area contributed by atoms with Gasteiger partial charge >= 0.3 is 0 Å². The number of hydrogen-bond acceptors (Lipinski definition) is 4. The number of nitrogens with one attached hydrogen (secondary N) is 3. The summed E-state index contributed by atoms with van der Waals surface area (Å²) in [6.07, 6.45) is 3.02. The minimum atomic E-state index is -0.0424. The van der Waals surface area contributed by atoms with E-state index in [0.29, 0.717) is 30.5 Å². The van der Waals surface area contributed by atoms with Crippen molar-refractivity contribution in [3.05, 3.63) is 52.9 Å². The number of hydrogen-bond donors (Lipinski definition) is 3. The monoisotopic (exact) mass is 555 g/mol. The fourth-order valence-electron chi connectivity index (χ4n) is 3.17. The van der Waals surface area contributed by atoms with E-state index in [1.54, 1.807) is 0 Å². The van der Waals surface area contributed by atoms with Gasteiger partial charge in [0.2, 0.25) is 0 Å². The molecule has 1 amide bonds. The standard InChI is InChI=1S/C24H37N5O2.HI/c1-6-17(5)28-23(30)20-12-10-18(11-13-20)15-26-24(25-9-4)27-16-21-14-22(29-31-21)19(7-2)8-3;/h10-14,17,19H,6-9,15-16H2,1-5H3,(H,28,30)(H2,25,26,27);1H. The van der Waals surface area contributed by atoms with Crippen molar-refractivity contribution in [3.8, 4) is 0 Å². The first-order valence-corrected chi connectivity index (χ1v) is 11.4. The molecule has 178 valence electrons. The van der Waals surface area contributed by atoms with Gasteiger partial charge in [0.25, 0.3) is 5.91 Å². The van der Waals surface area contributed by atoms with Gasteiger partial charge in [-0.25, -0.2) is 4.99 Å². The van der Waals surface area contributed by atoms with Crippen molar-refractivity contribution in [1.82, 2.24) is 21.1 Å². The number of guanidine groups is 1. The molecule has 0 bridgehead atoms. The van der Waals surface area contributed by atoms with Crippen LogP contribution < -0.4 is 16.0 Å². The van der Waals surface area contributed by atoms with Crippen LogP contribution in [0.2, 0.25) is 0 Å². The lowest BCUT2D eigenvalue weighted by Gasteiger charge is -2.12. The van der Waals surface area contributed by atoms with Gasteiger partial charge in [0.15, 0.2) is 11.7 Å². The second-order valence-corrected chi connectivity index (χ2v) is 7.76. The van der Waals surface area contributed by atoms with E-state index in [2.05, 4.69) is 46.9 Å². The highest BCUT2D eigenvalue weighted by molar-refractivity contribution is 14.0. The Bertz CT molecular complexity index is 831. The van der Waals surface area contributed by atoms with Crippen LogP contribution in [0.25, 0.3) is 0 Å². The minimum absolute atomic E-state index is 0. The molecule has 2 rings (SSSR count). The Morgan fingerprint density at radius 3 is 2.34 bits per heavy atom. The maximum Gasteiger partial charge on any atom is 0.251 e. The normalized spacial score (nSPS) is 12.2. The Hall–Kier alpha value is -2.10. The number of rotatable bonds is 11. The predicted octanol–water partition coefficient (Wildman–Crippen LogP) is 4.98. The van der Waals surface area contributed by atoms with E-state index < -0.39 is 0 Å². The molecule has 0 aliphatic rings. The van der Waals surface area contributed by atoms with Gasteiger partial charge in [0.05, 0.1) is 18.8 Å². The van der Waals surface area contributed by atoms with Crippen molar-refractivity contribution in [2.75, 3.05) is 6.54 Å². The van der Waals surface area contributed by atoms with Gasteiger partial charge in [-0.1, -0.05) is 38.1 Å². The molecule has 1 atom stereocenters. The molecule has 0 radical (unpaired) electrons. The summed E-state index contributed by atoms with van der Waals surface area (Å²) >= 11 is 0. The highest BCUT2D eigenvalue weighted by atomic mass is 127. The summed E-state index contributed by atoms with van der Waals surface area (Å²) < 4.78 is 5.48. The zero-order valence-corrected chi connectivity index (χ0v) is 22.2. The predicted molar refractivity (Wildman–Crippen MR) is 141 cm³/mol. The molecule has 2 aromatic rings. The van der Waals surface area contributed by atoms with Crippen LogP contribution in [-0.4, -0.2) is 29.6 Å². The maximum atomic E-state index is 12.2. The molecule has 0 fully saturated rings. The number of benzene rings is 1. The van der Waals surface area contributed by atoms with Crippen molar-refractivity contribution < 1.29 is 9.32 Å². The number of amides is 1. The molecule has 0 saturated carbocycles. The van der Waals surface area contributed by atoms with Crippen LogP contribution in [0, 0.1) is 0 Å². The van der Waals surface area contributed by atoms with E-state index in [-0.39, 0.29) is 35.9 Å². The number of carbonyl (C=O) groups excluding carboxylic acids is 1. The van der Waals surface area contributed by atoms with Gasteiger partial charge in [-0.15, -0.1) is 24.0 Å². The summed E-state index contributed by atoms with van der Waals surface area (Å²) in [5, 5.41) is 13.7. The first kappa shape index (κ1) is 27.9. The molecule has 3 N–H and O–H groups in total. The van der Waals surface area contributed by atoms with Crippen LogP contribution in [0.3, 0.4) is 0 Å². The van der Waals surface area contributed by atoms with Gasteiger partial charge in [0, 0.05) is 30.1 Å². The number of aliphatic imine (C=N–C) groups is 1. The number of carbonyl (C=O) groups is 1. The van der Waals surface area contributed by atoms with Gasteiger partial charge in [-0.05, 0) is 50.8 Å². The zero-order valence-electron chi connectivity index (χ0n) is 19.9. The summed E-state index contributed by atoms with van der Waals surface area (Å²) in [5.41, 5.74) is 2.71. The molecule has 0 aliphatic heterocycles. The SMILES string of the molecule is CCNC(=NCc1ccc(C(=O)NC(C)CC)cc1)NCc1cc(C(CC)CC)no1.I. The number of aromatic nitrogens is 1. The van der Waals surface area contributed by atoms with Crippen LogP contribution >= 0.6 is 24.0 Å². The maximum absolute atomic E-state index is 12.2. The minimum Gasteiger partial charge on any atom is -0.359 e. The van der Waals surface area contributed by atoms with Crippen molar-refractivity contribution in [2.24, 2.45) is 4.99 Å². The van der Waals surface area contributed by atoms with Crippen LogP contribution in [0.1, 0.15) is 87.2 Å². The summed E-state index contributed by atoms with van der Waals surface area (Å²) in [5.74, 6) is 1.90. The Morgan fingerprint density at radius 2 is 1.75 bits per heavy atom. The molecule has 0 spiro atoms. The fourth-order valence-corrected chi connectivity index (χ4v) is 3.17. The molecule has 1 aromatic heterocycles.